The predicted octanol–water partition coefficient (Wildman–Crippen LogP) is 3.79. The molecule has 0 bridgehead atoms. The van der Waals surface area contributed by atoms with E-state index in [0.717, 1.165) is 17.4 Å². The van der Waals surface area contributed by atoms with E-state index in [-0.39, 0.29) is 0 Å². The number of halogens is 1. The SMILES string of the molecule is CC(CCl)CSCc1ccccc1. The van der Waals surface area contributed by atoms with Gasteiger partial charge in [0.05, 0.1) is 0 Å². The molecule has 1 aromatic carbocycles. The Morgan fingerprint density at radius 2 is 2.00 bits per heavy atom. The van der Waals surface area contributed by atoms with Crippen LogP contribution < -0.4 is 0 Å². The Balaban J connectivity index is 2.20. The molecule has 0 saturated heterocycles. The third-order valence-corrected chi connectivity index (χ3v) is 3.65. The summed E-state index contributed by atoms with van der Waals surface area (Å²) in [4.78, 5) is 0. The number of alkyl halides is 1. The summed E-state index contributed by atoms with van der Waals surface area (Å²) in [6.07, 6.45) is 0. The van der Waals surface area contributed by atoms with Crippen molar-refractivity contribution in [2.75, 3.05) is 11.6 Å². The molecule has 0 N–H and O–H groups in total. The van der Waals surface area contributed by atoms with Gasteiger partial charge in [0.1, 0.15) is 0 Å². The van der Waals surface area contributed by atoms with Gasteiger partial charge in [0.25, 0.3) is 0 Å². The second-order valence-corrected chi connectivity index (χ2v) is 4.60. The lowest BCUT2D eigenvalue weighted by Crippen LogP contribution is -1.99. The van der Waals surface area contributed by atoms with Crippen LogP contribution in [0.15, 0.2) is 30.3 Å². The molecule has 0 amide bonds. The van der Waals surface area contributed by atoms with E-state index in [2.05, 4.69) is 37.3 Å². The van der Waals surface area contributed by atoms with Crippen molar-refractivity contribution in [3.05, 3.63) is 35.9 Å². The van der Waals surface area contributed by atoms with E-state index < -0.39 is 0 Å². The Morgan fingerprint density at radius 1 is 1.31 bits per heavy atom. The lowest BCUT2D eigenvalue weighted by atomic mass is 10.2. The standard InChI is InChI=1S/C11H15ClS/c1-10(7-12)8-13-9-11-5-3-2-4-6-11/h2-6,10H,7-9H2,1H3. The van der Waals surface area contributed by atoms with E-state index in [0.29, 0.717) is 5.92 Å². The van der Waals surface area contributed by atoms with Crippen molar-refractivity contribution in [1.82, 2.24) is 0 Å². The zero-order valence-electron chi connectivity index (χ0n) is 7.87. The molecular formula is C11H15ClS. The van der Waals surface area contributed by atoms with E-state index in [1.807, 2.05) is 11.8 Å². The lowest BCUT2D eigenvalue weighted by molar-refractivity contribution is 0.759. The first-order chi connectivity index (χ1) is 6.33. The van der Waals surface area contributed by atoms with Crippen LogP contribution >= 0.6 is 23.4 Å². The highest BCUT2D eigenvalue weighted by atomic mass is 35.5. The predicted molar refractivity (Wildman–Crippen MR) is 62.5 cm³/mol. The van der Waals surface area contributed by atoms with Gasteiger partial charge in [0.2, 0.25) is 0 Å². The van der Waals surface area contributed by atoms with Crippen LogP contribution in [0.3, 0.4) is 0 Å². The Labute approximate surface area is 89.7 Å². The van der Waals surface area contributed by atoms with E-state index in [1.165, 1.54) is 5.56 Å². The summed E-state index contributed by atoms with van der Waals surface area (Å²) in [5.41, 5.74) is 1.40. The third kappa shape index (κ3) is 4.58. The molecule has 0 aliphatic carbocycles. The summed E-state index contributed by atoms with van der Waals surface area (Å²) in [5, 5.41) is 0. The zero-order valence-corrected chi connectivity index (χ0v) is 9.44. The molecule has 0 aliphatic rings. The second kappa shape index (κ2) is 6.33. The molecule has 0 fully saturated rings. The molecule has 0 heterocycles. The number of rotatable bonds is 5. The van der Waals surface area contributed by atoms with Gasteiger partial charge in [-0.15, -0.1) is 11.6 Å². The largest absolute Gasteiger partial charge is 0.157 e. The average molecular weight is 215 g/mol. The van der Waals surface area contributed by atoms with Crippen molar-refractivity contribution < 1.29 is 0 Å². The molecule has 0 aromatic heterocycles. The van der Waals surface area contributed by atoms with Crippen LogP contribution in [0.1, 0.15) is 12.5 Å². The summed E-state index contributed by atoms with van der Waals surface area (Å²) >= 11 is 7.67. The van der Waals surface area contributed by atoms with Crippen molar-refractivity contribution >= 4 is 23.4 Å². The molecule has 1 unspecified atom stereocenters. The minimum Gasteiger partial charge on any atom is -0.157 e. The Kier molecular flexibility index (Phi) is 5.33. The number of thioether (sulfide) groups is 1. The molecule has 0 nitrogen and oxygen atoms in total. The van der Waals surface area contributed by atoms with Crippen LogP contribution in [0.5, 0.6) is 0 Å². The normalized spacial score (nSPS) is 12.8. The highest BCUT2D eigenvalue weighted by Crippen LogP contribution is 2.15. The van der Waals surface area contributed by atoms with Crippen LogP contribution in [-0.4, -0.2) is 11.6 Å². The minimum atomic E-state index is 0.621. The molecule has 0 spiro atoms. The second-order valence-electron chi connectivity index (χ2n) is 3.26. The smallest absolute Gasteiger partial charge is 0.0257 e. The van der Waals surface area contributed by atoms with Crippen LogP contribution in [0.4, 0.5) is 0 Å². The number of benzene rings is 1. The Hall–Kier alpha value is -0.140. The molecule has 0 aliphatic heterocycles. The maximum atomic E-state index is 5.72. The highest BCUT2D eigenvalue weighted by molar-refractivity contribution is 7.98. The molecule has 2 heteroatoms. The van der Waals surface area contributed by atoms with Gasteiger partial charge in [-0.05, 0) is 17.2 Å². The molecule has 1 atom stereocenters. The number of hydrogen-bond acceptors (Lipinski definition) is 1. The molecule has 1 aromatic rings. The summed E-state index contributed by atoms with van der Waals surface area (Å²) in [6, 6.07) is 10.5. The van der Waals surface area contributed by atoms with Gasteiger partial charge >= 0.3 is 0 Å². The van der Waals surface area contributed by atoms with Crippen molar-refractivity contribution in [3.63, 3.8) is 0 Å². The van der Waals surface area contributed by atoms with Crippen LogP contribution in [-0.2, 0) is 5.75 Å². The lowest BCUT2D eigenvalue weighted by Gasteiger charge is -2.06. The van der Waals surface area contributed by atoms with E-state index in [9.17, 15) is 0 Å². The Morgan fingerprint density at radius 3 is 2.62 bits per heavy atom. The van der Waals surface area contributed by atoms with E-state index >= 15 is 0 Å². The van der Waals surface area contributed by atoms with Crippen molar-refractivity contribution in [2.45, 2.75) is 12.7 Å². The fourth-order valence-electron chi connectivity index (χ4n) is 0.997. The van der Waals surface area contributed by atoms with Gasteiger partial charge in [-0.1, -0.05) is 37.3 Å². The maximum Gasteiger partial charge on any atom is 0.0257 e. The van der Waals surface area contributed by atoms with Gasteiger partial charge in [-0.3, -0.25) is 0 Å². The fourth-order valence-corrected chi connectivity index (χ4v) is 2.30. The summed E-state index contributed by atoms with van der Waals surface area (Å²) in [5.74, 6) is 3.64. The average Bonchev–Trinajstić information content (AvgIpc) is 2.19. The first-order valence-electron chi connectivity index (χ1n) is 4.50. The molecule has 13 heavy (non-hydrogen) atoms. The molecule has 0 saturated carbocycles. The summed E-state index contributed by atoms with van der Waals surface area (Å²) in [7, 11) is 0. The van der Waals surface area contributed by atoms with Crippen molar-refractivity contribution in [1.29, 1.82) is 0 Å². The van der Waals surface area contributed by atoms with Crippen LogP contribution in [0, 0.1) is 5.92 Å². The van der Waals surface area contributed by atoms with E-state index in [4.69, 9.17) is 11.6 Å². The van der Waals surface area contributed by atoms with Gasteiger partial charge in [0, 0.05) is 11.6 Å². The van der Waals surface area contributed by atoms with Gasteiger partial charge < -0.3 is 0 Å². The molecule has 0 radical (unpaired) electrons. The minimum absolute atomic E-state index is 0.621. The first kappa shape index (κ1) is 10.9. The maximum absolute atomic E-state index is 5.72. The zero-order chi connectivity index (χ0) is 9.52. The summed E-state index contributed by atoms with van der Waals surface area (Å²) < 4.78 is 0. The van der Waals surface area contributed by atoms with Gasteiger partial charge in [-0.2, -0.15) is 11.8 Å². The summed E-state index contributed by atoms with van der Waals surface area (Å²) in [6.45, 7) is 2.19. The van der Waals surface area contributed by atoms with Crippen molar-refractivity contribution in [2.24, 2.45) is 5.92 Å². The molecular weight excluding hydrogens is 200 g/mol. The topological polar surface area (TPSA) is 0 Å². The molecule has 72 valence electrons. The highest BCUT2D eigenvalue weighted by Gasteiger charge is 1.99. The number of hydrogen-bond donors (Lipinski definition) is 0. The fraction of sp³-hybridized carbons (Fsp3) is 0.455. The van der Waals surface area contributed by atoms with Gasteiger partial charge in [-0.25, -0.2) is 0 Å². The quantitative estimate of drug-likeness (QED) is 0.672. The van der Waals surface area contributed by atoms with Crippen molar-refractivity contribution in [3.8, 4) is 0 Å². The monoisotopic (exact) mass is 214 g/mol. The van der Waals surface area contributed by atoms with E-state index in [1.54, 1.807) is 0 Å². The van der Waals surface area contributed by atoms with Crippen LogP contribution in [0.25, 0.3) is 0 Å². The third-order valence-electron chi connectivity index (χ3n) is 1.78. The molecule has 1 rings (SSSR count). The Bertz CT molecular complexity index is 223. The first-order valence-corrected chi connectivity index (χ1v) is 6.19. The van der Waals surface area contributed by atoms with Gasteiger partial charge in [0.15, 0.2) is 0 Å². The van der Waals surface area contributed by atoms with Crippen LogP contribution in [0.2, 0.25) is 0 Å².